The number of nitrogens with one attached hydrogen (secondary N) is 1. The average Bonchev–Trinajstić information content (AvgIpc) is 2.71. The number of allylic oxidation sites excluding steroid dienone is 3. The molecule has 4 rings (SSSR count). The third-order valence-electron chi connectivity index (χ3n) is 6.16. The number of hydrogen-bond acceptors (Lipinski definition) is 3. The molecule has 4 nitrogen and oxygen atoms in total. The number of rotatable bonds is 4. The molecule has 0 amide bonds. The van der Waals surface area contributed by atoms with E-state index >= 15 is 0 Å². The number of anilines is 1. The Bertz CT molecular complexity index is 1120. The van der Waals surface area contributed by atoms with Crippen molar-refractivity contribution in [3.05, 3.63) is 92.9 Å². The lowest BCUT2D eigenvalue weighted by Crippen LogP contribution is -2.40. The minimum atomic E-state index is -0.435. The van der Waals surface area contributed by atoms with Gasteiger partial charge >= 0.3 is 0 Å². The van der Waals surface area contributed by atoms with E-state index in [1.54, 1.807) is 6.07 Å². The van der Waals surface area contributed by atoms with Crippen LogP contribution >= 0.6 is 0 Å². The van der Waals surface area contributed by atoms with Crippen molar-refractivity contribution in [2.24, 2.45) is 10.9 Å². The molecule has 2 bridgehead atoms. The Morgan fingerprint density at radius 3 is 2.63 bits per heavy atom. The Labute approximate surface area is 178 Å². The molecule has 154 valence electrons. The summed E-state index contributed by atoms with van der Waals surface area (Å²) in [7, 11) is 4.08. The van der Waals surface area contributed by atoms with Gasteiger partial charge in [-0.3, -0.25) is 9.79 Å². The lowest BCUT2D eigenvalue weighted by Gasteiger charge is -2.45. The molecule has 2 atom stereocenters. The number of benzene rings is 1. The summed E-state index contributed by atoms with van der Waals surface area (Å²) in [5.74, 6) is 0.286. The van der Waals surface area contributed by atoms with Gasteiger partial charge in [-0.2, -0.15) is 0 Å². The molecule has 4 heteroatoms. The van der Waals surface area contributed by atoms with Crippen molar-refractivity contribution in [3.63, 3.8) is 0 Å². The minimum absolute atomic E-state index is 0.0448. The van der Waals surface area contributed by atoms with Crippen LogP contribution in [0.15, 0.2) is 75.6 Å². The number of nitrogens with zero attached hydrogens (tertiary/aromatic N) is 2. The summed E-state index contributed by atoms with van der Waals surface area (Å²) in [6.07, 6.45) is 12.2. The lowest BCUT2D eigenvalue weighted by molar-refractivity contribution is 0.413. The van der Waals surface area contributed by atoms with Gasteiger partial charge in [0.05, 0.1) is 0 Å². The van der Waals surface area contributed by atoms with E-state index in [0.717, 1.165) is 29.7 Å². The van der Waals surface area contributed by atoms with E-state index in [-0.39, 0.29) is 11.5 Å². The van der Waals surface area contributed by atoms with Crippen molar-refractivity contribution in [1.29, 1.82) is 0 Å². The molecular weight excluding hydrogens is 370 g/mol. The van der Waals surface area contributed by atoms with E-state index in [1.807, 2.05) is 32.5 Å². The summed E-state index contributed by atoms with van der Waals surface area (Å²) >= 11 is 0. The predicted octanol–water partition coefficient (Wildman–Crippen LogP) is 4.89. The van der Waals surface area contributed by atoms with Crippen LogP contribution in [-0.2, 0) is 12.0 Å². The van der Waals surface area contributed by atoms with Gasteiger partial charge in [0.25, 0.3) is 0 Å². The average molecular weight is 400 g/mol. The molecule has 30 heavy (non-hydrogen) atoms. The Morgan fingerprint density at radius 1 is 1.17 bits per heavy atom. The van der Waals surface area contributed by atoms with E-state index < -0.39 is 5.54 Å². The number of aromatic amines is 1. The Hall–Kier alpha value is -3.14. The highest BCUT2D eigenvalue weighted by Gasteiger charge is 2.46. The number of H-pyrrole nitrogens is 1. The molecule has 0 aliphatic heterocycles. The Balaban J connectivity index is 1.69. The van der Waals surface area contributed by atoms with Crippen molar-refractivity contribution in [2.45, 2.75) is 32.2 Å². The summed E-state index contributed by atoms with van der Waals surface area (Å²) in [4.78, 5) is 22.2. The third kappa shape index (κ3) is 3.58. The minimum Gasteiger partial charge on any atom is -0.378 e. The molecule has 2 aliphatic rings. The molecule has 0 saturated heterocycles. The summed E-state index contributed by atoms with van der Waals surface area (Å²) in [5.41, 5.74) is 6.66. The topological polar surface area (TPSA) is 48.5 Å². The normalized spacial score (nSPS) is 24.3. The van der Waals surface area contributed by atoms with Gasteiger partial charge in [0.2, 0.25) is 5.56 Å². The maximum atomic E-state index is 11.9. The van der Waals surface area contributed by atoms with Gasteiger partial charge in [0, 0.05) is 55.7 Å². The molecule has 1 N–H and O–H groups in total. The van der Waals surface area contributed by atoms with E-state index in [0.29, 0.717) is 0 Å². The maximum absolute atomic E-state index is 11.9. The van der Waals surface area contributed by atoms with Gasteiger partial charge in [-0.1, -0.05) is 35.9 Å². The molecular formula is C26H29N3O. The standard InChI is InChI=1S/C26H29N3O/c1-5-22-20-15-18(2)17-26(22,23-12-13-25(30)28-24(23)16-20)27-14-6-7-19-8-10-21(11-9-19)29(3)4/h5-15,20H,16-17H2,1-4H3,(H,28,30)/b7-6+,22-5+,27-14?/t20-,26+/m0/s1. The highest BCUT2D eigenvalue weighted by Crippen LogP contribution is 2.51. The van der Waals surface area contributed by atoms with Crippen molar-refractivity contribution < 1.29 is 0 Å². The molecule has 0 radical (unpaired) electrons. The number of aromatic nitrogens is 1. The number of fused-ring (bicyclic) bond motifs is 4. The second kappa shape index (κ2) is 7.94. The van der Waals surface area contributed by atoms with Crippen LogP contribution in [0.5, 0.6) is 0 Å². The largest absolute Gasteiger partial charge is 0.378 e. The molecule has 1 aromatic heterocycles. The van der Waals surface area contributed by atoms with Crippen LogP contribution in [0.1, 0.15) is 37.1 Å². The van der Waals surface area contributed by atoms with Crippen LogP contribution in [0.2, 0.25) is 0 Å². The highest BCUT2D eigenvalue weighted by molar-refractivity contribution is 5.79. The smallest absolute Gasteiger partial charge is 0.248 e. The summed E-state index contributed by atoms with van der Waals surface area (Å²) in [6, 6.07) is 12.0. The molecule has 2 aliphatic carbocycles. The first kappa shape index (κ1) is 20.1. The van der Waals surface area contributed by atoms with Crippen LogP contribution in [0.4, 0.5) is 5.69 Å². The fraction of sp³-hybridized carbons (Fsp3) is 0.308. The first-order valence-corrected chi connectivity index (χ1v) is 10.5. The Morgan fingerprint density at radius 2 is 1.93 bits per heavy atom. The van der Waals surface area contributed by atoms with Gasteiger partial charge in [-0.25, -0.2) is 0 Å². The molecule has 1 aromatic carbocycles. The predicted molar refractivity (Wildman–Crippen MR) is 126 cm³/mol. The van der Waals surface area contributed by atoms with Crippen molar-refractivity contribution in [1.82, 2.24) is 4.98 Å². The fourth-order valence-electron chi connectivity index (χ4n) is 4.86. The molecule has 0 fully saturated rings. The summed E-state index contributed by atoms with van der Waals surface area (Å²) in [6.45, 7) is 4.28. The first-order valence-electron chi connectivity index (χ1n) is 10.5. The number of aliphatic imine (C=N–C) groups is 1. The SMILES string of the molecule is C/C=C1\[C@H]2C=C(C)C[C@]1(N=C/C=C/c1ccc(N(C)C)cc1)c1ccc(=O)[nH]c1C2. The van der Waals surface area contributed by atoms with E-state index in [4.69, 9.17) is 4.99 Å². The maximum Gasteiger partial charge on any atom is 0.248 e. The Kier molecular flexibility index (Phi) is 5.33. The molecule has 1 heterocycles. The number of pyridine rings is 1. The lowest BCUT2D eigenvalue weighted by atomic mass is 9.63. The zero-order chi connectivity index (χ0) is 21.3. The monoisotopic (exact) mass is 399 g/mol. The molecule has 0 spiro atoms. The second-order valence-corrected chi connectivity index (χ2v) is 8.44. The molecule has 0 saturated carbocycles. The van der Waals surface area contributed by atoms with Gasteiger partial charge < -0.3 is 9.88 Å². The van der Waals surface area contributed by atoms with Crippen LogP contribution in [-0.4, -0.2) is 25.3 Å². The number of hydrogen-bond donors (Lipinski definition) is 1. The summed E-state index contributed by atoms with van der Waals surface area (Å²) in [5, 5.41) is 0. The van der Waals surface area contributed by atoms with Crippen molar-refractivity contribution in [2.75, 3.05) is 19.0 Å². The highest BCUT2D eigenvalue weighted by atomic mass is 16.1. The van der Waals surface area contributed by atoms with Gasteiger partial charge in [-0.05, 0) is 55.7 Å². The zero-order valence-electron chi connectivity index (χ0n) is 18.1. The van der Waals surface area contributed by atoms with Gasteiger partial charge in [0.1, 0.15) is 5.54 Å². The molecule has 2 aromatic rings. The fourth-order valence-corrected chi connectivity index (χ4v) is 4.86. The molecule has 0 unspecified atom stereocenters. The van der Waals surface area contributed by atoms with Crippen molar-refractivity contribution >= 4 is 18.0 Å². The van der Waals surface area contributed by atoms with Gasteiger partial charge in [0.15, 0.2) is 0 Å². The third-order valence-corrected chi connectivity index (χ3v) is 6.16. The zero-order valence-corrected chi connectivity index (χ0v) is 18.1. The van der Waals surface area contributed by atoms with Crippen LogP contribution in [0.25, 0.3) is 6.08 Å². The quantitative estimate of drug-likeness (QED) is 0.588. The van der Waals surface area contributed by atoms with Crippen molar-refractivity contribution in [3.8, 4) is 0 Å². The van der Waals surface area contributed by atoms with Crippen LogP contribution in [0.3, 0.4) is 0 Å². The van der Waals surface area contributed by atoms with E-state index in [2.05, 4.69) is 66.2 Å². The second-order valence-electron chi connectivity index (χ2n) is 8.44. The first-order chi connectivity index (χ1) is 14.4. The van der Waals surface area contributed by atoms with E-state index in [9.17, 15) is 4.79 Å². The van der Waals surface area contributed by atoms with E-state index in [1.165, 1.54) is 16.8 Å². The van der Waals surface area contributed by atoms with Crippen LogP contribution < -0.4 is 10.5 Å². The summed E-state index contributed by atoms with van der Waals surface area (Å²) < 4.78 is 0. The van der Waals surface area contributed by atoms with Gasteiger partial charge in [-0.15, -0.1) is 0 Å². The van der Waals surface area contributed by atoms with Crippen LogP contribution in [0, 0.1) is 5.92 Å².